The SMILES string of the molecule is Nc1nc(Nc2ccnc(C(F)(F)F)c2)nc(C2CC(F)(F)C2)n1. The summed E-state index contributed by atoms with van der Waals surface area (Å²) >= 11 is 0. The van der Waals surface area contributed by atoms with E-state index in [-0.39, 0.29) is 23.4 Å². The second-order valence-corrected chi connectivity index (χ2v) is 5.39. The van der Waals surface area contributed by atoms with Crippen LogP contribution in [-0.2, 0) is 6.18 Å². The van der Waals surface area contributed by atoms with Crippen LogP contribution in [0.5, 0.6) is 0 Å². The molecule has 1 aliphatic carbocycles. The van der Waals surface area contributed by atoms with Crippen LogP contribution in [0.25, 0.3) is 0 Å². The lowest BCUT2D eigenvalue weighted by Gasteiger charge is -2.33. The van der Waals surface area contributed by atoms with Crippen molar-refractivity contribution < 1.29 is 22.0 Å². The van der Waals surface area contributed by atoms with E-state index in [4.69, 9.17) is 5.73 Å². The molecule has 0 unspecified atom stereocenters. The van der Waals surface area contributed by atoms with Gasteiger partial charge in [-0.25, -0.2) is 8.78 Å². The molecule has 1 saturated carbocycles. The molecule has 0 saturated heterocycles. The summed E-state index contributed by atoms with van der Waals surface area (Å²) in [4.78, 5) is 14.8. The normalized spacial score (nSPS) is 17.4. The molecule has 0 aromatic carbocycles. The predicted octanol–water partition coefficient (Wildman–Crippen LogP) is 3.12. The van der Waals surface area contributed by atoms with Crippen LogP contribution in [0.3, 0.4) is 0 Å². The molecule has 2 heterocycles. The average molecular weight is 346 g/mol. The van der Waals surface area contributed by atoms with Crippen molar-refractivity contribution >= 4 is 17.6 Å². The molecule has 24 heavy (non-hydrogen) atoms. The maximum Gasteiger partial charge on any atom is 0.433 e. The summed E-state index contributed by atoms with van der Waals surface area (Å²) in [5.74, 6) is -3.56. The Hall–Kier alpha value is -2.59. The first-order chi connectivity index (χ1) is 11.1. The van der Waals surface area contributed by atoms with Crippen LogP contribution >= 0.6 is 0 Å². The lowest BCUT2D eigenvalue weighted by molar-refractivity contribution is -0.141. The second kappa shape index (κ2) is 5.49. The van der Waals surface area contributed by atoms with Crippen molar-refractivity contribution in [2.75, 3.05) is 11.1 Å². The number of rotatable bonds is 3. The Bertz CT molecular complexity index is 755. The summed E-state index contributed by atoms with van der Waals surface area (Å²) in [7, 11) is 0. The van der Waals surface area contributed by atoms with Crippen LogP contribution in [0.4, 0.5) is 39.5 Å². The summed E-state index contributed by atoms with van der Waals surface area (Å²) < 4.78 is 63.8. The third-order valence-electron chi connectivity index (χ3n) is 3.43. The predicted molar refractivity (Wildman–Crippen MR) is 73.7 cm³/mol. The lowest BCUT2D eigenvalue weighted by Crippen LogP contribution is -2.35. The highest BCUT2D eigenvalue weighted by molar-refractivity contribution is 5.54. The van der Waals surface area contributed by atoms with Gasteiger partial charge in [0.15, 0.2) is 0 Å². The Balaban J connectivity index is 1.82. The van der Waals surface area contributed by atoms with Crippen molar-refractivity contribution in [3.63, 3.8) is 0 Å². The highest BCUT2D eigenvalue weighted by Crippen LogP contribution is 2.47. The van der Waals surface area contributed by atoms with Crippen molar-refractivity contribution in [3.05, 3.63) is 29.8 Å². The number of hydrogen-bond acceptors (Lipinski definition) is 6. The standard InChI is InChI=1S/C13H11F5N6/c14-12(15)4-6(5-12)9-22-10(19)24-11(23-9)21-7-1-2-20-8(3-7)13(16,17)18/h1-3,6H,4-5H2,(H3,19,20,21,22,23,24). The van der Waals surface area contributed by atoms with E-state index in [2.05, 4.69) is 25.3 Å². The number of halogens is 5. The minimum Gasteiger partial charge on any atom is -0.368 e. The number of nitrogen functional groups attached to an aromatic ring is 1. The Morgan fingerprint density at radius 2 is 1.88 bits per heavy atom. The second-order valence-electron chi connectivity index (χ2n) is 5.39. The Morgan fingerprint density at radius 1 is 1.17 bits per heavy atom. The van der Waals surface area contributed by atoms with E-state index < -0.39 is 36.6 Å². The quantitative estimate of drug-likeness (QED) is 0.830. The van der Waals surface area contributed by atoms with E-state index in [1.165, 1.54) is 6.07 Å². The van der Waals surface area contributed by atoms with Crippen LogP contribution in [0.2, 0.25) is 0 Å². The van der Waals surface area contributed by atoms with E-state index >= 15 is 0 Å². The number of anilines is 3. The highest BCUT2D eigenvalue weighted by atomic mass is 19.4. The van der Waals surface area contributed by atoms with Gasteiger partial charge in [-0.2, -0.15) is 28.1 Å². The van der Waals surface area contributed by atoms with Crippen LogP contribution in [0.1, 0.15) is 30.3 Å². The Kier molecular flexibility index (Phi) is 3.73. The van der Waals surface area contributed by atoms with Crippen molar-refractivity contribution in [1.82, 2.24) is 19.9 Å². The lowest BCUT2D eigenvalue weighted by atomic mass is 9.81. The van der Waals surface area contributed by atoms with Gasteiger partial charge < -0.3 is 11.1 Å². The minimum absolute atomic E-state index is 0.0350. The molecule has 0 atom stereocenters. The zero-order chi connectivity index (χ0) is 17.5. The molecule has 2 aromatic rings. The van der Waals surface area contributed by atoms with Gasteiger partial charge in [0.05, 0.1) is 0 Å². The number of nitrogens with two attached hydrogens (primary N) is 1. The number of alkyl halides is 5. The molecule has 6 nitrogen and oxygen atoms in total. The summed E-state index contributed by atoms with van der Waals surface area (Å²) in [6.07, 6.45) is -4.42. The van der Waals surface area contributed by atoms with Crippen molar-refractivity contribution in [2.24, 2.45) is 0 Å². The van der Waals surface area contributed by atoms with Crippen molar-refractivity contribution in [3.8, 4) is 0 Å². The molecule has 128 valence electrons. The summed E-state index contributed by atoms with van der Waals surface area (Å²) in [5, 5.41) is 2.55. The third kappa shape index (κ3) is 3.49. The van der Waals surface area contributed by atoms with Crippen LogP contribution in [0.15, 0.2) is 18.3 Å². The van der Waals surface area contributed by atoms with Gasteiger partial charge in [0.2, 0.25) is 17.8 Å². The molecular formula is C13H11F5N6. The molecule has 0 radical (unpaired) electrons. The van der Waals surface area contributed by atoms with Gasteiger partial charge in [-0.1, -0.05) is 0 Å². The smallest absolute Gasteiger partial charge is 0.368 e. The zero-order valence-electron chi connectivity index (χ0n) is 12.0. The van der Waals surface area contributed by atoms with Gasteiger partial charge >= 0.3 is 6.18 Å². The summed E-state index contributed by atoms with van der Waals surface area (Å²) in [6.45, 7) is 0. The first kappa shape index (κ1) is 16.3. The first-order valence-electron chi connectivity index (χ1n) is 6.82. The van der Waals surface area contributed by atoms with Gasteiger partial charge in [-0.05, 0) is 12.1 Å². The Labute approximate surface area is 132 Å². The minimum atomic E-state index is -4.60. The van der Waals surface area contributed by atoms with E-state index in [0.29, 0.717) is 0 Å². The largest absolute Gasteiger partial charge is 0.433 e. The van der Waals surface area contributed by atoms with Gasteiger partial charge in [0, 0.05) is 30.6 Å². The number of pyridine rings is 1. The number of nitrogens with zero attached hydrogens (tertiary/aromatic N) is 4. The molecule has 1 aliphatic rings. The topological polar surface area (TPSA) is 89.6 Å². The molecule has 3 N–H and O–H groups in total. The summed E-state index contributed by atoms with van der Waals surface area (Å²) in [5.41, 5.74) is 4.46. The number of hydrogen-bond donors (Lipinski definition) is 2. The van der Waals surface area contributed by atoms with Crippen LogP contribution in [-0.4, -0.2) is 25.9 Å². The van der Waals surface area contributed by atoms with E-state index in [1.807, 2.05) is 0 Å². The summed E-state index contributed by atoms with van der Waals surface area (Å²) in [6, 6.07) is 2.06. The van der Waals surface area contributed by atoms with E-state index in [0.717, 1.165) is 12.3 Å². The Morgan fingerprint density at radius 3 is 2.50 bits per heavy atom. The molecule has 3 rings (SSSR count). The van der Waals surface area contributed by atoms with Crippen LogP contribution < -0.4 is 11.1 Å². The maximum absolute atomic E-state index is 12.9. The number of aromatic nitrogens is 4. The van der Waals surface area contributed by atoms with E-state index in [1.54, 1.807) is 0 Å². The zero-order valence-corrected chi connectivity index (χ0v) is 12.0. The molecule has 0 aliphatic heterocycles. The third-order valence-corrected chi connectivity index (χ3v) is 3.43. The van der Waals surface area contributed by atoms with Gasteiger partial charge in [0.1, 0.15) is 11.5 Å². The maximum atomic E-state index is 12.9. The van der Waals surface area contributed by atoms with Gasteiger partial charge in [-0.3, -0.25) is 4.98 Å². The molecule has 2 aromatic heterocycles. The fraction of sp³-hybridized carbons (Fsp3) is 0.385. The molecule has 0 spiro atoms. The molecule has 1 fully saturated rings. The molecule has 11 heteroatoms. The molecule has 0 bridgehead atoms. The van der Waals surface area contributed by atoms with Gasteiger partial charge in [0.25, 0.3) is 0 Å². The highest BCUT2D eigenvalue weighted by Gasteiger charge is 2.47. The molecule has 0 amide bonds. The first-order valence-corrected chi connectivity index (χ1v) is 6.82. The van der Waals surface area contributed by atoms with Crippen LogP contribution in [0, 0.1) is 0 Å². The fourth-order valence-corrected chi connectivity index (χ4v) is 2.28. The van der Waals surface area contributed by atoms with Gasteiger partial charge in [-0.15, -0.1) is 0 Å². The van der Waals surface area contributed by atoms with Crippen molar-refractivity contribution in [2.45, 2.75) is 30.9 Å². The monoisotopic (exact) mass is 346 g/mol. The van der Waals surface area contributed by atoms with E-state index in [9.17, 15) is 22.0 Å². The number of nitrogens with one attached hydrogen (secondary N) is 1. The van der Waals surface area contributed by atoms with Crippen molar-refractivity contribution in [1.29, 1.82) is 0 Å². The average Bonchev–Trinajstić information content (AvgIpc) is 2.43. The fourth-order valence-electron chi connectivity index (χ4n) is 2.28. The molecular weight excluding hydrogens is 335 g/mol.